The first-order chi connectivity index (χ1) is 14.9. The number of hydrogen-bond acceptors (Lipinski definition) is 5. The molecule has 0 fully saturated rings. The van der Waals surface area contributed by atoms with Gasteiger partial charge >= 0.3 is 5.97 Å². The summed E-state index contributed by atoms with van der Waals surface area (Å²) in [6.07, 6.45) is 2.46. The second-order valence-electron chi connectivity index (χ2n) is 6.72. The van der Waals surface area contributed by atoms with Gasteiger partial charge in [-0.25, -0.2) is 9.18 Å². The first-order valence-corrected chi connectivity index (χ1v) is 9.82. The Kier molecular flexibility index (Phi) is 8.57. The zero-order valence-corrected chi connectivity index (χ0v) is 17.7. The number of benzene rings is 2. The van der Waals surface area contributed by atoms with E-state index in [1.165, 1.54) is 54.6 Å². The largest absolute Gasteiger partial charge is 0.496 e. The summed E-state index contributed by atoms with van der Waals surface area (Å²) in [7, 11) is 1.46. The van der Waals surface area contributed by atoms with E-state index in [-0.39, 0.29) is 31.0 Å². The fourth-order valence-electron chi connectivity index (χ4n) is 2.90. The number of aromatic carboxylic acids is 1. The number of ether oxygens (including phenoxy) is 2. The predicted octanol–water partition coefficient (Wildman–Crippen LogP) is 3.84. The highest BCUT2D eigenvalue weighted by atomic mass is 19.1. The molecule has 8 heteroatoms. The molecule has 1 aromatic heterocycles. The summed E-state index contributed by atoms with van der Waals surface area (Å²) in [5.41, 5.74) is -0.0696. The number of hydrogen-bond donors (Lipinski definition) is 2. The molecule has 2 N–H and O–H groups in total. The van der Waals surface area contributed by atoms with Crippen molar-refractivity contribution < 1.29 is 28.9 Å². The average molecular weight is 431 g/mol. The van der Waals surface area contributed by atoms with Crippen LogP contribution in [0.15, 0.2) is 47.4 Å². The Labute approximate surface area is 179 Å². The number of carbonyl (C=O) groups is 1. The van der Waals surface area contributed by atoms with Gasteiger partial charge in [0.1, 0.15) is 29.5 Å². The lowest BCUT2D eigenvalue weighted by atomic mass is 10.1. The van der Waals surface area contributed by atoms with E-state index in [0.29, 0.717) is 22.6 Å². The number of carboxylic acid groups (broad SMARTS) is 1. The van der Waals surface area contributed by atoms with Gasteiger partial charge in [-0.3, -0.25) is 4.79 Å². The highest BCUT2D eigenvalue weighted by molar-refractivity contribution is 5.93. The fraction of sp³-hybridized carbons (Fsp3) is 0.304. The van der Waals surface area contributed by atoms with Gasteiger partial charge < -0.3 is 24.3 Å². The Morgan fingerprint density at radius 3 is 2.35 bits per heavy atom. The molecule has 7 nitrogen and oxygen atoms in total. The second-order valence-corrected chi connectivity index (χ2v) is 6.72. The Morgan fingerprint density at radius 1 is 1.16 bits per heavy atom. The van der Waals surface area contributed by atoms with Crippen molar-refractivity contribution in [3.05, 3.63) is 69.8 Å². The summed E-state index contributed by atoms with van der Waals surface area (Å²) in [6, 6.07) is 8.58. The lowest BCUT2D eigenvalue weighted by Crippen LogP contribution is -2.20. The smallest absolute Gasteiger partial charge is 0.341 e. The molecule has 166 valence electrons. The molecule has 31 heavy (non-hydrogen) atoms. The van der Waals surface area contributed by atoms with Crippen LogP contribution in [0.25, 0.3) is 10.9 Å². The topological polar surface area (TPSA) is 98.0 Å². The van der Waals surface area contributed by atoms with Crippen LogP contribution in [0.2, 0.25) is 0 Å². The molecule has 3 rings (SSSR count). The molecule has 0 spiro atoms. The molecule has 2 aromatic carbocycles. The number of carboxylic acids is 1. The number of fused-ring (bicyclic) bond motifs is 1. The van der Waals surface area contributed by atoms with Crippen molar-refractivity contribution in [2.24, 2.45) is 0 Å². The van der Waals surface area contributed by atoms with Crippen molar-refractivity contribution in [3.8, 4) is 11.5 Å². The van der Waals surface area contributed by atoms with E-state index in [2.05, 4.69) is 13.8 Å². The number of rotatable bonds is 7. The van der Waals surface area contributed by atoms with Gasteiger partial charge in [-0.15, -0.1) is 0 Å². The van der Waals surface area contributed by atoms with E-state index in [4.69, 9.17) is 9.47 Å². The van der Waals surface area contributed by atoms with E-state index in [0.717, 1.165) is 0 Å². The van der Waals surface area contributed by atoms with E-state index >= 15 is 0 Å². The fourth-order valence-corrected chi connectivity index (χ4v) is 2.90. The SMILES string of the molecule is CCC.COc1cc2c(cc1COc1ccc(F)cc1)c(=O)c(C(=O)O)cn2CCO. The van der Waals surface area contributed by atoms with Crippen molar-refractivity contribution in [1.82, 2.24) is 4.57 Å². The molecule has 0 saturated heterocycles. The minimum atomic E-state index is -1.35. The molecule has 0 aliphatic carbocycles. The molecule has 3 aromatic rings. The Balaban J connectivity index is 0.00000107. The quantitative estimate of drug-likeness (QED) is 0.590. The second kappa shape index (κ2) is 11.1. The van der Waals surface area contributed by atoms with Crippen LogP contribution in [0, 0.1) is 5.82 Å². The maximum atomic E-state index is 13.0. The number of nitrogens with zero attached hydrogens (tertiary/aromatic N) is 1. The summed E-state index contributed by atoms with van der Waals surface area (Å²) in [4.78, 5) is 24.0. The van der Waals surface area contributed by atoms with E-state index in [1.807, 2.05) is 0 Å². The van der Waals surface area contributed by atoms with Crippen molar-refractivity contribution in [2.45, 2.75) is 33.4 Å². The Morgan fingerprint density at radius 2 is 1.81 bits per heavy atom. The van der Waals surface area contributed by atoms with Crippen LogP contribution in [-0.2, 0) is 13.2 Å². The van der Waals surface area contributed by atoms with E-state index in [1.54, 1.807) is 6.07 Å². The number of halogens is 1. The standard InChI is InChI=1S/C20H18FNO6.C3H8/c1-27-18-9-17-15(19(24)16(20(25)26)10-22(17)6-7-23)8-12(18)11-28-14-4-2-13(21)3-5-14;1-3-2/h2-5,8-10,23H,6-7,11H2,1H3,(H,25,26);3H2,1-2H3. The van der Waals surface area contributed by atoms with Crippen LogP contribution in [0.1, 0.15) is 36.2 Å². The third-order valence-corrected chi connectivity index (χ3v) is 4.26. The Hall–Kier alpha value is -3.39. The number of aliphatic hydroxyl groups excluding tert-OH is 1. The normalized spacial score (nSPS) is 10.4. The third-order valence-electron chi connectivity index (χ3n) is 4.26. The van der Waals surface area contributed by atoms with Crippen LogP contribution >= 0.6 is 0 Å². The van der Waals surface area contributed by atoms with Gasteiger partial charge in [-0.1, -0.05) is 20.3 Å². The van der Waals surface area contributed by atoms with Crippen LogP contribution in [-0.4, -0.2) is 34.5 Å². The van der Waals surface area contributed by atoms with Gasteiger partial charge in [-0.05, 0) is 30.3 Å². The van der Waals surface area contributed by atoms with Gasteiger partial charge in [-0.2, -0.15) is 0 Å². The zero-order valence-electron chi connectivity index (χ0n) is 17.7. The predicted molar refractivity (Wildman–Crippen MR) is 116 cm³/mol. The molecule has 0 amide bonds. The first kappa shape index (κ1) is 23.9. The van der Waals surface area contributed by atoms with Crippen LogP contribution in [0.3, 0.4) is 0 Å². The number of aliphatic hydroxyl groups is 1. The molecule has 0 bridgehead atoms. The van der Waals surface area contributed by atoms with Gasteiger partial charge in [0.05, 0.1) is 19.2 Å². The minimum Gasteiger partial charge on any atom is -0.496 e. The number of pyridine rings is 1. The number of aromatic nitrogens is 1. The maximum Gasteiger partial charge on any atom is 0.341 e. The molecule has 0 aliphatic heterocycles. The lowest BCUT2D eigenvalue weighted by Gasteiger charge is -2.15. The van der Waals surface area contributed by atoms with Crippen molar-refractivity contribution in [2.75, 3.05) is 13.7 Å². The Bertz CT molecular complexity index is 1090. The summed E-state index contributed by atoms with van der Waals surface area (Å²) in [5, 5.41) is 18.7. The van der Waals surface area contributed by atoms with Gasteiger partial charge in [0.25, 0.3) is 0 Å². The molecular weight excluding hydrogens is 405 g/mol. The van der Waals surface area contributed by atoms with Crippen LogP contribution in [0.4, 0.5) is 4.39 Å². The molecule has 0 unspecified atom stereocenters. The molecule has 0 saturated carbocycles. The van der Waals surface area contributed by atoms with Crippen molar-refractivity contribution in [3.63, 3.8) is 0 Å². The van der Waals surface area contributed by atoms with Crippen molar-refractivity contribution >= 4 is 16.9 Å². The lowest BCUT2D eigenvalue weighted by molar-refractivity contribution is 0.0694. The molecule has 0 radical (unpaired) electrons. The third kappa shape index (κ3) is 5.82. The molecule has 0 aliphatic rings. The highest BCUT2D eigenvalue weighted by Crippen LogP contribution is 2.26. The monoisotopic (exact) mass is 431 g/mol. The van der Waals surface area contributed by atoms with Crippen molar-refractivity contribution in [1.29, 1.82) is 0 Å². The number of methoxy groups -OCH3 is 1. The van der Waals surface area contributed by atoms with E-state index < -0.39 is 17.0 Å². The maximum absolute atomic E-state index is 13.0. The van der Waals surface area contributed by atoms with Gasteiger partial charge in [0, 0.05) is 29.8 Å². The highest BCUT2D eigenvalue weighted by Gasteiger charge is 2.17. The molecular formula is C23H26FNO6. The van der Waals surface area contributed by atoms with Gasteiger partial charge in [0.2, 0.25) is 5.43 Å². The summed E-state index contributed by atoms with van der Waals surface area (Å²) in [6.45, 7) is 4.17. The minimum absolute atomic E-state index is 0.0293. The van der Waals surface area contributed by atoms with Gasteiger partial charge in [0.15, 0.2) is 0 Å². The molecule has 1 heterocycles. The average Bonchev–Trinajstić information content (AvgIpc) is 2.75. The molecule has 0 atom stereocenters. The summed E-state index contributed by atoms with van der Waals surface area (Å²) < 4.78 is 25.5. The van der Waals surface area contributed by atoms with Crippen LogP contribution in [0.5, 0.6) is 11.5 Å². The zero-order chi connectivity index (χ0) is 23.0. The summed E-state index contributed by atoms with van der Waals surface area (Å²) >= 11 is 0. The first-order valence-electron chi connectivity index (χ1n) is 9.82. The van der Waals surface area contributed by atoms with E-state index in [9.17, 15) is 24.2 Å². The summed E-state index contributed by atoms with van der Waals surface area (Å²) in [5.74, 6) is -0.871. The van der Waals surface area contributed by atoms with Crippen LogP contribution < -0.4 is 14.9 Å².